The summed E-state index contributed by atoms with van der Waals surface area (Å²) in [7, 11) is 0. The number of halogens is 1. The van der Waals surface area contributed by atoms with E-state index in [4.69, 9.17) is 0 Å². The quantitative estimate of drug-likeness (QED) is 0.881. The molecule has 0 amide bonds. The second kappa shape index (κ2) is 4.65. The van der Waals surface area contributed by atoms with Crippen molar-refractivity contribution in [2.75, 3.05) is 0 Å². The van der Waals surface area contributed by atoms with Crippen molar-refractivity contribution < 1.29 is 0 Å². The first-order chi connectivity index (χ1) is 8.39. The molecule has 4 nitrogen and oxygen atoms in total. The first-order valence-electron chi connectivity index (χ1n) is 5.60. The number of nitrogens with zero attached hydrogens (tertiary/aromatic N) is 2. The van der Waals surface area contributed by atoms with Crippen LogP contribution in [0.5, 0.6) is 0 Å². The molecule has 5 heteroatoms. The SMILES string of the molecule is CC(C)(C)c1nc(-c2ccncc2)[nH]c(=O)c1Br. The van der Waals surface area contributed by atoms with Crippen LogP contribution in [-0.2, 0) is 5.41 Å². The summed E-state index contributed by atoms with van der Waals surface area (Å²) in [6.45, 7) is 6.07. The van der Waals surface area contributed by atoms with Crippen molar-refractivity contribution in [3.63, 3.8) is 0 Å². The van der Waals surface area contributed by atoms with Crippen molar-refractivity contribution in [3.05, 3.63) is 45.0 Å². The highest BCUT2D eigenvalue weighted by molar-refractivity contribution is 9.10. The number of rotatable bonds is 1. The van der Waals surface area contributed by atoms with E-state index in [-0.39, 0.29) is 11.0 Å². The maximum atomic E-state index is 11.9. The van der Waals surface area contributed by atoms with Gasteiger partial charge in [-0.05, 0) is 28.1 Å². The highest BCUT2D eigenvalue weighted by atomic mass is 79.9. The number of aromatic amines is 1. The molecule has 0 aliphatic heterocycles. The predicted octanol–water partition coefficient (Wildman–Crippen LogP) is 2.89. The van der Waals surface area contributed by atoms with Crippen molar-refractivity contribution in [1.82, 2.24) is 15.0 Å². The molecule has 0 atom stereocenters. The van der Waals surface area contributed by atoms with Gasteiger partial charge in [0.05, 0.1) is 5.69 Å². The normalized spacial score (nSPS) is 11.6. The largest absolute Gasteiger partial charge is 0.306 e. The molecule has 2 aromatic rings. The molecule has 0 radical (unpaired) electrons. The summed E-state index contributed by atoms with van der Waals surface area (Å²) >= 11 is 3.30. The molecular formula is C13H14BrN3O. The van der Waals surface area contributed by atoms with Gasteiger partial charge in [-0.3, -0.25) is 9.78 Å². The van der Waals surface area contributed by atoms with E-state index in [1.807, 2.05) is 32.9 Å². The fraction of sp³-hybridized carbons (Fsp3) is 0.308. The number of H-pyrrole nitrogens is 1. The lowest BCUT2D eigenvalue weighted by Gasteiger charge is -2.19. The molecule has 1 N–H and O–H groups in total. The number of nitrogens with one attached hydrogen (secondary N) is 1. The van der Waals surface area contributed by atoms with Crippen LogP contribution in [-0.4, -0.2) is 15.0 Å². The summed E-state index contributed by atoms with van der Waals surface area (Å²) in [6.07, 6.45) is 3.35. The van der Waals surface area contributed by atoms with Crippen LogP contribution in [0, 0.1) is 0 Å². The van der Waals surface area contributed by atoms with Crippen LogP contribution < -0.4 is 5.56 Å². The van der Waals surface area contributed by atoms with Crippen LogP contribution in [0.2, 0.25) is 0 Å². The lowest BCUT2D eigenvalue weighted by Crippen LogP contribution is -2.22. The van der Waals surface area contributed by atoms with Gasteiger partial charge in [-0.15, -0.1) is 0 Å². The molecule has 2 heterocycles. The minimum absolute atomic E-state index is 0.165. The Morgan fingerprint density at radius 3 is 2.39 bits per heavy atom. The average molecular weight is 308 g/mol. The lowest BCUT2D eigenvalue weighted by atomic mass is 9.92. The van der Waals surface area contributed by atoms with Gasteiger partial charge in [0.2, 0.25) is 0 Å². The standard InChI is InChI=1S/C13H14BrN3O/c1-13(2,3)10-9(14)12(18)17-11(16-10)8-4-6-15-7-5-8/h4-7H,1-3H3,(H,16,17,18). The lowest BCUT2D eigenvalue weighted by molar-refractivity contribution is 0.562. The van der Waals surface area contributed by atoms with E-state index in [0.717, 1.165) is 11.3 Å². The van der Waals surface area contributed by atoms with Crippen molar-refractivity contribution in [2.24, 2.45) is 0 Å². The van der Waals surface area contributed by atoms with Crippen molar-refractivity contribution >= 4 is 15.9 Å². The van der Waals surface area contributed by atoms with E-state index in [1.54, 1.807) is 12.4 Å². The van der Waals surface area contributed by atoms with Crippen LogP contribution in [0.25, 0.3) is 11.4 Å². The molecule has 0 fully saturated rings. The fourth-order valence-corrected chi connectivity index (χ4v) is 2.38. The smallest absolute Gasteiger partial charge is 0.265 e. The Hall–Kier alpha value is -1.49. The van der Waals surface area contributed by atoms with Crippen LogP contribution in [0.15, 0.2) is 33.8 Å². The van der Waals surface area contributed by atoms with E-state index in [1.165, 1.54) is 0 Å². The molecule has 0 saturated carbocycles. The fourth-order valence-electron chi connectivity index (χ4n) is 1.60. The summed E-state index contributed by atoms with van der Waals surface area (Å²) in [6, 6.07) is 3.64. The van der Waals surface area contributed by atoms with Gasteiger partial charge in [0.1, 0.15) is 10.3 Å². The highest BCUT2D eigenvalue weighted by Gasteiger charge is 2.22. The zero-order valence-electron chi connectivity index (χ0n) is 10.5. The van der Waals surface area contributed by atoms with Crippen LogP contribution in [0.1, 0.15) is 26.5 Å². The number of pyridine rings is 1. The molecule has 2 aromatic heterocycles. The van der Waals surface area contributed by atoms with Gasteiger partial charge in [-0.25, -0.2) is 4.98 Å². The molecule has 0 saturated heterocycles. The highest BCUT2D eigenvalue weighted by Crippen LogP contribution is 2.26. The van der Waals surface area contributed by atoms with Gasteiger partial charge in [0, 0.05) is 23.4 Å². The van der Waals surface area contributed by atoms with Gasteiger partial charge in [0.25, 0.3) is 5.56 Å². The maximum absolute atomic E-state index is 11.9. The Bertz CT molecular complexity index is 614. The first-order valence-corrected chi connectivity index (χ1v) is 6.39. The third kappa shape index (κ3) is 2.51. The molecule has 0 bridgehead atoms. The monoisotopic (exact) mass is 307 g/mol. The summed E-state index contributed by atoms with van der Waals surface area (Å²) in [4.78, 5) is 23.2. The van der Waals surface area contributed by atoms with Gasteiger partial charge < -0.3 is 4.98 Å². The summed E-state index contributed by atoms with van der Waals surface area (Å²) in [5, 5.41) is 0. The number of aromatic nitrogens is 3. The van der Waals surface area contributed by atoms with Gasteiger partial charge in [-0.2, -0.15) is 0 Å². The van der Waals surface area contributed by atoms with Crippen molar-refractivity contribution in [2.45, 2.75) is 26.2 Å². The number of hydrogen-bond donors (Lipinski definition) is 1. The predicted molar refractivity (Wildman–Crippen MR) is 74.5 cm³/mol. The van der Waals surface area contributed by atoms with Crippen molar-refractivity contribution in [1.29, 1.82) is 0 Å². The van der Waals surface area contributed by atoms with Crippen LogP contribution in [0.4, 0.5) is 0 Å². The second-order valence-corrected chi connectivity index (χ2v) is 5.86. The third-order valence-electron chi connectivity index (χ3n) is 2.53. The summed E-state index contributed by atoms with van der Waals surface area (Å²) in [5.74, 6) is 0.565. The van der Waals surface area contributed by atoms with E-state index in [2.05, 4.69) is 30.9 Å². The zero-order valence-corrected chi connectivity index (χ0v) is 12.1. The van der Waals surface area contributed by atoms with E-state index in [0.29, 0.717) is 10.3 Å². The summed E-state index contributed by atoms with van der Waals surface area (Å²) in [5.41, 5.74) is 1.23. The molecule has 0 aliphatic carbocycles. The Balaban J connectivity index is 2.66. The van der Waals surface area contributed by atoms with Gasteiger partial charge >= 0.3 is 0 Å². The Labute approximate surface area is 114 Å². The maximum Gasteiger partial charge on any atom is 0.265 e. The first kappa shape index (κ1) is 13.0. The van der Waals surface area contributed by atoms with E-state index >= 15 is 0 Å². The minimum Gasteiger partial charge on any atom is -0.306 e. The molecule has 0 aromatic carbocycles. The molecule has 0 spiro atoms. The molecule has 18 heavy (non-hydrogen) atoms. The number of hydrogen-bond acceptors (Lipinski definition) is 3. The Morgan fingerprint density at radius 1 is 1.22 bits per heavy atom. The Kier molecular flexibility index (Phi) is 3.34. The van der Waals surface area contributed by atoms with E-state index in [9.17, 15) is 4.79 Å². The van der Waals surface area contributed by atoms with Crippen molar-refractivity contribution in [3.8, 4) is 11.4 Å². The second-order valence-electron chi connectivity index (χ2n) is 5.06. The average Bonchev–Trinajstić information content (AvgIpc) is 2.32. The zero-order chi connectivity index (χ0) is 13.3. The molecule has 0 aliphatic rings. The van der Waals surface area contributed by atoms with Gasteiger partial charge in [0.15, 0.2) is 0 Å². The molecular weight excluding hydrogens is 294 g/mol. The topological polar surface area (TPSA) is 58.6 Å². The van der Waals surface area contributed by atoms with Gasteiger partial charge in [-0.1, -0.05) is 20.8 Å². The molecule has 94 valence electrons. The minimum atomic E-state index is -0.200. The summed E-state index contributed by atoms with van der Waals surface area (Å²) < 4.78 is 0.493. The van der Waals surface area contributed by atoms with E-state index < -0.39 is 0 Å². The third-order valence-corrected chi connectivity index (χ3v) is 3.26. The van der Waals surface area contributed by atoms with Crippen LogP contribution >= 0.6 is 15.9 Å². The molecule has 2 rings (SSSR count). The molecule has 0 unspecified atom stereocenters. The Morgan fingerprint density at radius 2 is 1.83 bits per heavy atom. The van der Waals surface area contributed by atoms with Crippen LogP contribution in [0.3, 0.4) is 0 Å².